The molecule has 2 rings (SSSR count). The van der Waals surface area contributed by atoms with Gasteiger partial charge in [-0.3, -0.25) is 4.98 Å². The number of nitrogens with one attached hydrogen (secondary N) is 1. The van der Waals surface area contributed by atoms with E-state index in [1.165, 1.54) is 0 Å². The van der Waals surface area contributed by atoms with Gasteiger partial charge in [0.2, 0.25) is 0 Å². The summed E-state index contributed by atoms with van der Waals surface area (Å²) in [6.45, 7) is 5.79. The molecule has 1 N–H and O–H groups in total. The first kappa shape index (κ1) is 13.9. The lowest BCUT2D eigenvalue weighted by atomic mass is 10.1. The zero-order chi connectivity index (χ0) is 13.7. The van der Waals surface area contributed by atoms with Gasteiger partial charge in [-0.15, -0.1) is 0 Å². The quantitative estimate of drug-likeness (QED) is 0.865. The monoisotopic (exact) mass is 259 g/mol. The van der Waals surface area contributed by atoms with Crippen molar-refractivity contribution < 1.29 is 4.74 Å². The largest absolute Gasteiger partial charge is 0.383 e. The Balaban J connectivity index is 2.04. The first-order valence-corrected chi connectivity index (χ1v) is 6.63. The predicted molar refractivity (Wildman–Crippen MR) is 76.9 cm³/mol. The van der Waals surface area contributed by atoms with Gasteiger partial charge in [-0.2, -0.15) is 0 Å². The Bertz CT molecular complexity index is 528. The summed E-state index contributed by atoms with van der Waals surface area (Å²) in [5.41, 5.74) is 2.83. The van der Waals surface area contributed by atoms with Gasteiger partial charge in [-0.25, -0.2) is 4.98 Å². The van der Waals surface area contributed by atoms with Crippen LogP contribution in [0.5, 0.6) is 0 Å². The van der Waals surface area contributed by atoms with E-state index in [0.29, 0.717) is 25.1 Å². The number of rotatable bonds is 6. The van der Waals surface area contributed by atoms with Crippen LogP contribution in [-0.2, 0) is 11.3 Å². The summed E-state index contributed by atoms with van der Waals surface area (Å²) in [7, 11) is 1.73. The second kappa shape index (κ2) is 6.59. The molecule has 0 saturated carbocycles. The summed E-state index contributed by atoms with van der Waals surface area (Å²) in [5.74, 6) is 0.522. The van der Waals surface area contributed by atoms with E-state index < -0.39 is 0 Å². The SMILES string of the molecule is COCC(NCc1cnc2ccccc2n1)C(C)C. The molecule has 0 aliphatic rings. The second-order valence-electron chi connectivity index (χ2n) is 5.04. The Morgan fingerprint density at radius 3 is 2.63 bits per heavy atom. The average molecular weight is 259 g/mol. The van der Waals surface area contributed by atoms with E-state index in [-0.39, 0.29) is 0 Å². The summed E-state index contributed by atoms with van der Waals surface area (Å²) in [4.78, 5) is 9.02. The van der Waals surface area contributed by atoms with Crippen LogP contribution >= 0.6 is 0 Å². The van der Waals surface area contributed by atoms with Gasteiger partial charge < -0.3 is 10.1 Å². The molecule has 2 aromatic rings. The van der Waals surface area contributed by atoms with E-state index in [4.69, 9.17) is 4.74 Å². The number of fused-ring (bicyclic) bond motifs is 1. The molecule has 1 atom stereocenters. The Labute approximate surface area is 114 Å². The average Bonchev–Trinajstić information content (AvgIpc) is 2.43. The van der Waals surface area contributed by atoms with Crippen LogP contribution in [0.1, 0.15) is 19.5 Å². The molecule has 1 aromatic carbocycles. The van der Waals surface area contributed by atoms with Crippen molar-refractivity contribution in [1.82, 2.24) is 15.3 Å². The van der Waals surface area contributed by atoms with Crippen LogP contribution < -0.4 is 5.32 Å². The maximum absolute atomic E-state index is 5.23. The summed E-state index contributed by atoms with van der Waals surface area (Å²) in [6, 6.07) is 8.25. The Kier molecular flexibility index (Phi) is 4.82. The molecule has 102 valence electrons. The third-order valence-electron chi connectivity index (χ3n) is 3.19. The molecule has 0 spiro atoms. The van der Waals surface area contributed by atoms with Crippen LogP contribution in [0.2, 0.25) is 0 Å². The molecule has 1 unspecified atom stereocenters. The van der Waals surface area contributed by atoms with Gasteiger partial charge >= 0.3 is 0 Å². The van der Waals surface area contributed by atoms with E-state index in [1.54, 1.807) is 7.11 Å². The fourth-order valence-corrected chi connectivity index (χ4v) is 1.98. The van der Waals surface area contributed by atoms with Crippen LogP contribution in [0.25, 0.3) is 11.0 Å². The van der Waals surface area contributed by atoms with Crippen molar-refractivity contribution in [1.29, 1.82) is 0 Å². The van der Waals surface area contributed by atoms with Crippen molar-refractivity contribution >= 4 is 11.0 Å². The first-order valence-electron chi connectivity index (χ1n) is 6.63. The molecule has 1 aromatic heterocycles. The van der Waals surface area contributed by atoms with Crippen molar-refractivity contribution in [3.8, 4) is 0 Å². The number of hydrogen-bond acceptors (Lipinski definition) is 4. The maximum atomic E-state index is 5.23. The topological polar surface area (TPSA) is 47.0 Å². The third-order valence-corrected chi connectivity index (χ3v) is 3.19. The summed E-state index contributed by atoms with van der Waals surface area (Å²) in [5, 5.41) is 3.47. The highest BCUT2D eigenvalue weighted by Gasteiger charge is 2.12. The number of methoxy groups -OCH3 is 1. The van der Waals surface area contributed by atoms with Gasteiger partial charge in [-0.1, -0.05) is 26.0 Å². The lowest BCUT2D eigenvalue weighted by Gasteiger charge is -2.21. The van der Waals surface area contributed by atoms with Crippen molar-refractivity contribution in [3.05, 3.63) is 36.2 Å². The van der Waals surface area contributed by atoms with E-state index in [2.05, 4.69) is 29.1 Å². The van der Waals surface area contributed by atoms with Crippen LogP contribution in [0.3, 0.4) is 0 Å². The Morgan fingerprint density at radius 2 is 1.95 bits per heavy atom. The third kappa shape index (κ3) is 3.72. The molecule has 0 radical (unpaired) electrons. The second-order valence-corrected chi connectivity index (χ2v) is 5.04. The highest BCUT2D eigenvalue weighted by atomic mass is 16.5. The number of ether oxygens (including phenoxy) is 1. The molecule has 4 nitrogen and oxygen atoms in total. The van der Waals surface area contributed by atoms with Crippen molar-refractivity contribution in [2.45, 2.75) is 26.4 Å². The standard InChI is InChI=1S/C15H21N3O/c1-11(2)15(10-19-3)17-9-12-8-16-13-6-4-5-7-14(13)18-12/h4-8,11,15,17H,9-10H2,1-3H3. The molecule has 0 saturated heterocycles. The molecular weight excluding hydrogens is 238 g/mol. The molecule has 19 heavy (non-hydrogen) atoms. The number of benzene rings is 1. The lowest BCUT2D eigenvalue weighted by Crippen LogP contribution is -2.37. The normalized spacial score (nSPS) is 13.1. The van der Waals surface area contributed by atoms with Crippen molar-refractivity contribution in [2.24, 2.45) is 5.92 Å². The molecule has 0 bridgehead atoms. The molecule has 1 heterocycles. The number of nitrogens with zero attached hydrogens (tertiary/aromatic N) is 2. The van der Waals surface area contributed by atoms with Gasteiger partial charge in [0.1, 0.15) is 0 Å². The molecule has 0 aliphatic carbocycles. The molecule has 0 fully saturated rings. The fourth-order valence-electron chi connectivity index (χ4n) is 1.98. The van der Waals surface area contributed by atoms with Gasteiger partial charge in [0.05, 0.1) is 29.5 Å². The van der Waals surface area contributed by atoms with E-state index >= 15 is 0 Å². The van der Waals surface area contributed by atoms with E-state index in [0.717, 1.165) is 16.7 Å². The minimum absolute atomic E-state index is 0.332. The van der Waals surface area contributed by atoms with Gasteiger partial charge in [-0.05, 0) is 18.1 Å². The minimum atomic E-state index is 0.332. The fraction of sp³-hybridized carbons (Fsp3) is 0.467. The lowest BCUT2D eigenvalue weighted by molar-refractivity contribution is 0.146. The smallest absolute Gasteiger partial charge is 0.0890 e. The van der Waals surface area contributed by atoms with Crippen LogP contribution in [0.4, 0.5) is 0 Å². The van der Waals surface area contributed by atoms with E-state index in [9.17, 15) is 0 Å². The maximum Gasteiger partial charge on any atom is 0.0890 e. The van der Waals surface area contributed by atoms with E-state index in [1.807, 2.05) is 30.5 Å². The van der Waals surface area contributed by atoms with Gasteiger partial charge in [0, 0.05) is 19.7 Å². The summed E-state index contributed by atoms with van der Waals surface area (Å²) in [6.07, 6.45) is 1.83. The molecule has 4 heteroatoms. The number of para-hydroxylation sites is 2. The minimum Gasteiger partial charge on any atom is -0.383 e. The zero-order valence-electron chi connectivity index (χ0n) is 11.8. The highest BCUT2D eigenvalue weighted by molar-refractivity contribution is 5.73. The Hall–Kier alpha value is -1.52. The number of aromatic nitrogens is 2. The zero-order valence-corrected chi connectivity index (χ0v) is 11.8. The summed E-state index contributed by atoms with van der Waals surface area (Å²) >= 11 is 0. The Morgan fingerprint density at radius 1 is 1.21 bits per heavy atom. The molecule has 0 amide bonds. The van der Waals surface area contributed by atoms with Crippen LogP contribution in [0, 0.1) is 5.92 Å². The predicted octanol–water partition coefficient (Wildman–Crippen LogP) is 2.39. The van der Waals surface area contributed by atoms with Crippen molar-refractivity contribution in [3.63, 3.8) is 0 Å². The van der Waals surface area contributed by atoms with Crippen molar-refractivity contribution in [2.75, 3.05) is 13.7 Å². The number of hydrogen-bond donors (Lipinski definition) is 1. The van der Waals surface area contributed by atoms with Gasteiger partial charge in [0.15, 0.2) is 0 Å². The van der Waals surface area contributed by atoms with Crippen LogP contribution in [0.15, 0.2) is 30.5 Å². The van der Waals surface area contributed by atoms with Crippen LogP contribution in [-0.4, -0.2) is 29.7 Å². The van der Waals surface area contributed by atoms with Gasteiger partial charge in [0.25, 0.3) is 0 Å². The first-order chi connectivity index (χ1) is 9.20. The molecular formula is C15H21N3O. The molecule has 0 aliphatic heterocycles. The highest BCUT2D eigenvalue weighted by Crippen LogP contribution is 2.09. The summed E-state index contributed by atoms with van der Waals surface area (Å²) < 4.78 is 5.23.